The van der Waals surface area contributed by atoms with Crippen LogP contribution in [-0.2, 0) is 11.2 Å². The van der Waals surface area contributed by atoms with Crippen LogP contribution >= 0.6 is 15.9 Å². The lowest BCUT2D eigenvalue weighted by molar-refractivity contribution is -0.136. The first-order valence-electron chi connectivity index (χ1n) is 6.46. The third kappa shape index (κ3) is 2.80. The summed E-state index contributed by atoms with van der Waals surface area (Å²) in [5.74, 6) is -0.835. The molecule has 5 nitrogen and oxygen atoms in total. The van der Waals surface area contributed by atoms with E-state index in [2.05, 4.69) is 26.2 Å². The van der Waals surface area contributed by atoms with Gasteiger partial charge in [-0.05, 0) is 17.5 Å². The molecule has 3 rings (SSSR count). The Balaban J connectivity index is 2.01. The van der Waals surface area contributed by atoms with Crippen LogP contribution < -0.4 is 0 Å². The number of rotatable bonds is 4. The number of fused-ring (bicyclic) bond motifs is 1. The number of carboxylic acids is 1. The molecule has 106 valence electrons. The molecule has 0 unspecified atom stereocenters. The van der Waals surface area contributed by atoms with E-state index in [0.717, 1.165) is 20.9 Å². The van der Waals surface area contributed by atoms with Gasteiger partial charge in [0.15, 0.2) is 0 Å². The maximum Gasteiger partial charge on any atom is 0.303 e. The van der Waals surface area contributed by atoms with E-state index in [0.29, 0.717) is 12.1 Å². The average molecular weight is 346 g/mol. The molecule has 0 aliphatic rings. The Hall–Kier alpha value is -2.21. The van der Waals surface area contributed by atoms with E-state index in [1.807, 2.05) is 36.4 Å². The summed E-state index contributed by atoms with van der Waals surface area (Å²) >= 11 is 3.54. The molecule has 0 radical (unpaired) electrons. The third-order valence-electron chi connectivity index (χ3n) is 3.23. The summed E-state index contributed by atoms with van der Waals surface area (Å²) in [4.78, 5) is 10.6. The molecule has 0 spiro atoms. The van der Waals surface area contributed by atoms with Gasteiger partial charge in [0.05, 0.1) is 24.0 Å². The molecule has 0 fully saturated rings. The first kappa shape index (κ1) is 13.8. The summed E-state index contributed by atoms with van der Waals surface area (Å²) < 4.78 is 2.71. The molecule has 2 aromatic carbocycles. The van der Waals surface area contributed by atoms with Crippen LogP contribution in [0.25, 0.3) is 16.5 Å². The Kier molecular flexibility index (Phi) is 3.70. The van der Waals surface area contributed by atoms with Crippen LogP contribution in [0.15, 0.2) is 47.1 Å². The van der Waals surface area contributed by atoms with Gasteiger partial charge in [0.2, 0.25) is 0 Å². The second-order valence-corrected chi connectivity index (χ2v) is 5.51. The SMILES string of the molecule is O=C(O)CCc1cn(-c2ccc(Br)c3ccccc23)nn1. The van der Waals surface area contributed by atoms with Crippen molar-refractivity contribution in [3.8, 4) is 5.69 Å². The Morgan fingerprint density at radius 3 is 2.71 bits per heavy atom. The molecule has 1 aromatic heterocycles. The highest BCUT2D eigenvalue weighted by Crippen LogP contribution is 2.28. The van der Waals surface area contributed by atoms with E-state index in [9.17, 15) is 4.79 Å². The first-order valence-corrected chi connectivity index (χ1v) is 7.25. The molecule has 21 heavy (non-hydrogen) atoms. The molecule has 3 aromatic rings. The molecule has 0 atom stereocenters. The number of aryl methyl sites for hydroxylation is 1. The number of benzene rings is 2. The standard InChI is InChI=1S/C15H12BrN3O2/c16-13-6-7-14(12-4-2-1-3-11(12)13)19-9-10(17-18-19)5-8-15(20)21/h1-4,6-7,9H,5,8H2,(H,20,21). The number of nitrogens with zero attached hydrogens (tertiary/aromatic N) is 3. The first-order chi connectivity index (χ1) is 10.1. The summed E-state index contributed by atoms with van der Waals surface area (Å²) in [5.41, 5.74) is 1.59. The summed E-state index contributed by atoms with van der Waals surface area (Å²) in [6.45, 7) is 0. The highest BCUT2D eigenvalue weighted by atomic mass is 79.9. The van der Waals surface area contributed by atoms with Gasteiger partial charge in [0.1, 0.15) is 0 Å². The van der Waals surface area contributed by atoms with Crippen molar-refractivity contribution in [3.63, 3.8) is 0 Å². The van der Waals surface area contributed by atoms with Gasteiger partial charge in [-0.25, -0.2) is 4.68 Å². The van der Waals surface area contributed by atoms with E-state index >= 15 is 0 Å². The topological polar surface area (TPSA) is 68.0 Å². The number of aromatic nitrogens is 3. The zero-order valence-electron chi connectivity index (χ0n) is 11.0. The van der Waals surface area contributed by atoms with Gasteiger partial charge in [-0.3, -0.25) is 4.79 Å². The summed E-state index contributed by atoms with van der Waals surface area (Å²) in [6.07, 6.45) is 2.21. The van der Waals surface area contributed by atoms with E-state index in [1.165, 1.54) is 0 Å². The fourth-order valence-electron chi connectivity index (χ4n) is 2.21. The Morgan fingerprint density at radius 1 is 1.19 bits per heavy atom. The Morgan fingerprint density at radius 2 is 1.95 bits per heavy atom. The maximum absolute atomic E-state index is 10.6. The van der Waals surface area contributed by atoms with Gasteiger partial charge in [-0.2, -0.15) is 0 Å². The van der Waals surface area contributed by atoms with Crippen LogP contribution in [0.2, 0.25) is 0 Å². The lowest BCUT2D eigenvalue weighted by Crippen LogP contribution is -1.97. The van der Waals surface area contributed by atoms with Crippen LogP contribution in [0.5, 0.6) is 0 Å². The van der Waals surface area contributed by atoms with Crippen LogP contribution in [0, 0.1) is 0 Å². The van der Waals surface area contributed by atoms with Gasteiger partial charge in [-0.15, -0.1) is 5.10 Å². The van der Waals surface area contributed by atoms with Crippen molar-refractivity contribution in [2.24, 2.45) is 0 Å². The largest absolute Gasteiger partial charge is 0.481 e. The monoisotopic (exact) mass is 345 g/mol. The van der Waals surface area contributed by atoms with Crippen molar-refractivity contribution in [2.45, 2.75) is 12.8 Å². The minimum Gasteiger partial charge on any atom is -0.481 e. The van der Waals surface area contributed by atoms with Gasteiger partial charge in [0, 0.05) is 16.3 Å². The van der Waals surface area contributed by atoms with Gasteiger partial charge < -0.3 is 5.11 Å². The number of hydrogen-bond acceptors (Lipinski definition) is 3. The molecule has 0 bridgehead atoms. The Labute approximate surface area is 129 Å². The average Bonchev–Trinajstić information content (AvgIpc) is 2.94. The smallest absolute Gasteiger partial charge is 0.303 e. The van der Waals surface area contributed by atoms with E-state index in [4.69, 9.17) is 5.11 Å². The zero-order valence-corrected chi connectivity index (χ0v) is 12.6. The number of aliphatic carboxylic acids is 1. The van der Waals surface area contributed by atoms with Crippen molar-refractivity contribution in [3.05, 3.63) is 52.8 Å². The third-order valence-corrected chi connectivity index (χ3v) is 3.92. The lowest BCUT2D eigenvalue weighted by atomic mass is 10.1. The van der Waals surface area contributed by atoms with Gasteiger partial charge >= 0.3 is 5.97 Å². The van der Waals surface area contributed by atoms with E-state index in [1.54, 1.807) is 10.9 Å². The minimum absolute atomic E-state index is 0.0553. The van der Waals surface area contributed by atoms with Crippen LogP contribution in [0.3, 0.4) is 0 Å². The van der Waals surface area contributed by atoms with E-state index in [-0.39, 0.29) is 6.42 Å². The molecule has 6 heteroatoms. The van der Waals surface area contributed by atoms with Crippen molar-refractivity contribution in [2.75, 3.05) is 0 Å². The predicted octanol–water partition coefficient (Wildman–Crippen LogP) is 3.20. The highest BCUT2D eigenvalue weighted by molar-refractivity contribution is 9.10. The fraction of sp³-hybridized carbons (Fsp3) is 0.133. The second-order valence-electron chi connectivity index (χ2n) is 4.66. The molecule has 0 amide bonds. The normalized spacial score (nSPS) is 10.9. The van der Waals surface area contributed by atoms with Crippen molar-refractivity contribution in [1.29, 1.82) is 0 Å². The molecule has 0 aliphatic carbocycles. The molecule has 1 N–H and O–H groups in total. The summed E-state index contributed by atoms with van der Waals surface area (Å²) in [5, 5.41) is 19.0. The number of carboxylic acid groups (broad SMARTS) is 1. The number of halogens is 1. The fourth-order valence-corrected chi connectivity index (χ4v) is 2.69. The quantitative estimate of drug-likeness (QED) is 0.788. The highest BCUT2D eigenvalue weighted by Gasteiger charge is 2.09. The van der Waals surface area contributed by atoms with Crippen molar-refractivity contribution >= 4 is 32.7 Å². The Bertz CT molecular complexity index is 814. The minimum atomic E-state index is -0.835. The lowest BCUT2D eigenvalue weighted by Gasteiger charge is -2.07. The molecule has 1 heterocycles. The zero-order chi connectivity index (χ0) is 14.8. The van der Waals surface area contributed by atoms with Gasteiger partial charge in [0.25, 0.3) is 0 Å². The molecule has 0 saturated carbocycles. The maximum atomic E-state index is 10.6. The molecular weight excluding hydrogens is 334 g/mol. The number of hydrogen-bond donors (Lipinski definition) is 1. The number of carbonyl (C=O) groups is 1. The van der Waals surface area contributed by atoms with Gasteiger partial charge in [-0.1, -0.05) is 45.4 Å². The van der Waals surface area contributed by atoms with Crippen molar-refractivity contribution < 1.29 is 9.90 Å². The van der Waals surface area contributed by atoms with Crippen LogP contribution in [0.4, 0.5) is 0 Å². The van der Waals surface area contributed by atoms with Crippen LogP contribution in [0.1, 0.15) is 12.1 Å². The molecule has 0 aliphatic heterocycles. The summed E-state index contributed by atoms with van der Waals surface area (Å²) in [6, 6.07) is 11.9. The van der Waals surface area contributed by atoms with Crippen molar-refractivity contribution in [1.82, 2.24) is 15.0 Å². The second kappa shape index (κ2) is 5.65. The van der Waals surface area contributed by atoms with Crippen LogP contribution in [-0.4, -0.2) is 26.1 Å². The molecular formula is C15H12BrN3O2. The molecule has 0 saturated heterocycles. The summed E-state index contributed by atoms with van der Waals surface area (Å²) in [7, 11) is 0. The predicted molar refractivity (Wildman–Crippen MR) is 82.5 cm³/mol. The van der Waals surface area contributed by atoms with E-state index < -0.39 is 5.97 Å².